The SMILES string of the molecule is CC(=O)N1CC(C)Sc2ccc(S(=O)(=O)Nc3cccc(-c4ccno4)c3)cc21. The molecule has 0 spiro atoms. The zero-order valence-corrected chi connectivity index (χ0v) is 17.5. The third kappa shape index (κ3) is 4.01. The number of carbonyl (C=O) groups is 1. The number of fused-ring (bicyclic) bond motifs is 1. The minimum absolute atomic E-state index is 0.0997. The molecule has 3 aromatic rings. The first-order chi connectivity index (χ1) is 13.8. The number of thioether (sulfide) groups is 1. The Morgan fingerprint density at radius 3 is 2.79 bits per heavy atom. The van der Waals surface area contributed by atoms with Crippen LogP contribution in [-0.4, -0.2) is 31.3 Å². The highest BCUT2D eigenvalue weighted by Crippen LogP contribution is 2.40. The Hall–Kier alpha value is -2.78. The van der Waals surface area contributed by atoms with E-state index in [-0.39, 0.29) is 16.1 Å². The molecule has 4 rings (SSSR count). The van der Waals surface area contributed by atoms with Crippen LogP contribution in [0.3, 0.4) is 0 Å². The molecule has 1 unspecified atom stereocenters. The average molecular weight is 430 g/mol. The molecule has 0 aliphatic carbocycles. The lowest BCUT2D eigenvalue weighted by Gasteiger charge is -2.32. The fourth-order valence-electron chi connectivity index (χ4n) is 3.20. The second-order valence-corrected chi connectivity index (χ2v) is 9.91. The van der Waals surface area contributed by atoms with Gasteiger partial charge < -0.3 is 9.42 Å². The molecule has 150 valence electrons. The zero-order valence-electron chi connectivity index (χ0n) is 15.8. The maximum Gasteiger partial charge on any atom is 0.261 e. The van der Waals surface area contributed by atoms with Gasteiger partial charge in [0.25, 0.3) is 10.0 Å². The summed E-state index contributed by atoms with van der Waals surface area (Å²) in [6, 6.07) is 13.4. The number of amides is 1. The molecular weight excluding hydrogens is 410 g/mol. The molecule has 2 aromatic carbocycles. The lowest BCUT2D eigenvalue weighted by Crippen LogP contribution is -2.37. The van der Waals surface area contributed by atoms with Crippen LogP contribution in [0, 0.1) is 0 Å². The van der Waals surface area contributed by atoms with E-state index in [1.54, 1.807) is 65.2 Å². The van der Waals surface area contributed by atoms with E-state index in [1.165, 1.54) is 13.1 Å². The van der Waals surface area contributed by atoms with E-state index >= 15 is 0 Å². The summed E-state index contributed by atoms with van der Waals surface area (Å²) < 4.78 is 33.7. The van der Waals surface area contributed by atoms with Crippen molar-refractivity contribution in [1.82, 2.24) is 5.16 Å². The van der Waals surface area contributed by atoms with Crippen molar-refractivity contribution in [1.29, 1.82) is 0 Å². The summed E-state index contributed by atoms with van der Waals surface area (Å²) in [5.74, 6) is 0.434. The van der Waals surface area contributed by atoms with Crippen LogP contribution in [0.15, 0.2) is 69.0 Å². The predicted octanol–water partition coefficient (Wildman–Crippen LogP) is 3.99. The van der Waals surface area contributed by atoms with Crippen molar-refractivity contribution in [3.8, 4) is 11.3 Å². The molecule has 1 atom stereocenters. The van der Waals surface area contributed by atoms with Gasteiger partial charge in [-0.1, -0.05) is 24.2 Å². The van der Waals surface area contributed by atoms with Crippen LogP contribution < -0.4 is 9.62 Å². The third-order valence-electron chi connectivity index (χ3n) is 4.52. The van der Waals surface area contributed by atoms with Crippen LogP contribution in [0.2, 0.25) is 0 Å². The third-order valence-corrected chi connectivity index (χ3v) is 7.05. The number of nitrogens with one attached hydrogen (secondary N) is 1. The van der Waals surface area contributed by atoms with Crippen molar-refractivity contribution in [3.05, 3.63) is 54.7 Å². The van der Waals surface area contributed by atoms with Crippen LogP contribution in [0.5, 0.6) is 0 Å². The van der Waals surface area contributed by atoms with E-state index in [2.05, 4.69) is 9.88 Å². The zero-order chi connectivity index (χ0) is 20.6. The van der Waals surface area contributed by atoms with Crippen molar-refractivity contribution in [2.75, 3.05) is 16.2 Å². The molecular formula is C20H19N3O4S2. The van der Waals surface area contributed by atoms with Gasteiger partial charge in [0.05, 0.1) is 16.8 Å². The summed E-state index contributed by atoms with van der Waals surface area (Å²) in [6.07, 6.45) is 1.53. The Morgan fingerprint density at radius 1 is 1.24 bits per heavy atom. The first-order valence-electron chi connectivity index (χ1n) is 8.96. The summed E-state index contributed by atoms with van der Waals surface area (Å²) in [4.78, 5) is 14.7. The van der Waals surface area contributed by atoms with Gasteiger partial charge in [-0.3, -0.25) is 9.52 Å². The van der Waals surface area contributed by atoms with Crippen molar-refractivity contribution in [3.63, 3.8) is 0 Å². The number of hydrogen-bond acceptors (Lipinski definition) is 6. The van der Waals surface area contributed by atoms with E-state index in [1.807, 2.05) is 6.92 Å². The molecule has 1 aliphatic rings. The number of rotatable bonds is 4. The number of nitrogens with zero attached hydrogens (tertiary/aromatic N) is 2. The molecule has 0 fully saturated rings. The molecule has 1 N–H and O–H groups in total. The summed E-state index contributed by atoms with van der Waals surface area (Å²) in [7, 11) is -3.84. The lowest BCUT2D eigenvalue weighted by atomic mass is 10.1. The van der Waals surface area contributed by atoms with Gasteiger partial charge in [-0.2, -0.15) is 0 Å². The molecule has 1 aliphatic heterocycles. The summed E-state index contributed by atoms with van der Waals surface area (Å²) in [5.41, 5.74) is 1.74. The summed E-state index contributed by atoms with van der Waals surface area (Å²) in [6.45, 7) is 4.07. The number of carbonyl (C=O) groups excluding carboxylic acids is 1. The highest BCUT2D eigenvalue weighted by Gasteiger charge is 2.27. The smallest absolute Gasteiger partial charge is 0.261 e. The fraction of sp³-hybridized carbons (Fsp3) is 0.200. The molecule has 0 saturated carbocycles. The number of sulfonamides is 1. The second kappa shape index (κ2) is 7.57. The van der Waals surface area contributed by atoms with E-state index in [0.717, 1.165) is 4.90 Å². The van der Waals surface area contributed by atoms with Gasteiger partial charge in [0.1, 0.15) is 0 Å². The number of aromatic nitrogens is 1. The predicted molar refractivity (Wildman–Crippen MR) is 113 cm³/mol. The fourth-order valence-corrected chi connectivity index (χ4v) is 5.36. The average Bonchev–Trinajstić information content (AvgIpc) is 3.21. The first-order valence-corrected chi connectivity index (χ1v) is 11.3. The Morgan fingerprint density at radius 2 is 2.07 bits per heavy atom. The minimum atomic E-state index is -3.84. The van der Waals surface area contributed by atoms with E-state index in [0.29, 0.717) is 29.2 Å². The van der Waals surface area contributed by atoms with Crippen molar-refractivity contribution in [2.24, 2.45) is 0 Å². The molecule has 2 heterocycles. The Balaban J connectivity index is 1.66. The minimum Gasteiger partial charge on any atom is -0.356 e. The highest BCUT2D eigenvalue weighted by atomic mass is 32.2. The molecule has 7 nitrogen and oxygen atoms in total. The quantitative estimate of drug-likeness (QED) is 0.674. The van der Waals surface area contributed by atoms with Gasteiger partial charge in [0.15, 0.2) is 5.76 Å². The van der Waals surface area contributed by atoms with Gasteiger partial charge in [0.2, 0.25) is 5.91 Å². The molecule has 0 bridgehead atoms. The van der Waals surface area contributed by atoms with Gasteiger partial charge in [-0.25, -0.2) is 8.42 Å². The topological polar surface area (TPSA) is 92.5 Å². The highest BCUT2D eigenvalue weighted by molar-refractivity contribution is 8.00. The number of benzene rings is 2. The molecule has 0 saturated heterocycles. The number of anilines is 2. The molecule has 1 amide bonds. The monoisotopic (exact) mass is 429 g/mol. The maximum absolute atomic E-state index is 13.0. The van der Waals surface area contributed by atoms with Crippen LogP contribution in [0.25, 0.3) is 11.3 Å². The van der Waals surface area contributed by atoms with Crippen molar-refractivity contribution >= 4 is 39.1 Å². The molecule has 0 radical (unpaired) electrons. The van der Waals surface area contributed by atoms with Crippen LogP contribution in [0.1, 0.15) is 13.8 Å². The van der Waals surface area contributed by atoms with Gasteiger partial charge in [-0.05, 0) is 30.3 Å². The summed E-state index contributed by atoms with van der Waals surface area (Å²) in [5, 5.41) is 3.91. The molecule has 1 aromatic heterocycles. The van der Waals surface area contributed by atoms with Gasteiger partial charge in [-0.15, -0.1) is 11.8 Å². The van der Waals surface area contributed by atoms with Gasteiger partial charge in [0, 0.05) is 40.9 Å². The molecule has 29 heavy (non-hydrogen) atoms. The van der Waals surface area contributed by atoms with Crippen LogP contribution >= 0.6 is 11.8 Å². The standard InChI is InChI=1S/C20H19N3O4S2/c1-13-12-23(14(2)24)18-11-17(6-7-20(18)28-13)29(25,26)22-16-5-3-4-15(10-16)19-8-9-21-27-19/h3-11,13,22H,12H2,1-2H3. The normalized spacial score (nSPS) is 16.3. The maximum atomic E-state index is 13.0. The van der Waals surface area contributed by atoms with Crippen molar-refractivity contribution < 1.29 is 17.7 Å². The van der Waals surface area contributed by atoms with Crippen LogP contribution in [-0.2, 0) is 14.8 Å². The summed E-state index contributed by atoms with van der Waals surface area (Å²) >= 11 is 1.63. The Kier molecular flexibility index (Phi) is 5.10. The van der Waals surface area contributed by atoms with E-state index < -0.39 is 10.0 Å². The van der Waals surface area contributed by atoms with Crippen LogP contribution in [0.4, 0.5) is 11.4 Å². The van der Waals surface area contributed by atoms with E-state index in [4.69, 9.17) is 4.52 Å². The Labute approximate surface area is 173 Å². The lowest BCUT2D eigenvalue weighted by molar-refractivity contribution is -0.116. The van der Waals surface area contributed by atoms with E-state index in [9.17, 15) is 13.2 Å². The molecule has 9 heteroatoms. The van der Waals surface area contributed by atoms with Gasteiger partial charge >= 0.3 is 0 Å². The Bertz CT molecular complexity index is 1160. The van der Waals surface area contributed by atoms with Crippen molar-refractivity contribution in [2.45, 2.75) is 28.9 Å². The first kappa shape index (κ1) is 19.5. The number of hydrogen-bond donors (Lipinski definition) is 1. The largest absolute Gasteiger partial charge is 0.356 e. The second-order valence-electron chi connectivity index (χ2n) is 6.75.